The molecule has 1 heterocycles. The highest BCUT2D eigenvalue weighted by atomic mass is 15.3. The molecule has 1 N–H and O–H groups in total. The first-order valence-electron chi connectivity index (χ1n) is 5.77. The lowest BCUT2D eigenvalue weighted by Gasteiger charge is -2.31. The largest absolute Gasteiger partial charge is 0.294 e. The molecule has 2 unspecified atom stereocenters. The molecule has 0 saturated carbocycles. The Kier molecular flexibility index (Phi) is 4.75. The normalized spacial score (nSPS) is 15.5. The van der Waals surface area contributed by atoms with Crippen LogP contribution in [0.25, 0.3) is 0 Å². The lowest BCUT2D eigenvalue weighted by molar-refractivity contribution is 0.164. The minimum absolute atomic E-state index is 0.356. The van der Waals surface area contributed by atoms with Crippen molar-refractivity contribution in [3.8, 4) is 0 Å². The summed E-state index contributed by atoms with van der Waals surface area (Å²) in [5.74, 6) is 0.975. The van der Waals surface area contributed by atoms with Gasteiger partial charge in [0.15, 0.2) is 0 Å². The molecule has 0 aliphatic heterocycles. The molecule has 4 nitrogen and oxygen atoms in total. The average molecular weight is 210 g/mol. The monoisotopic (exact) mass is 210 g/mol. The van der Waals surface area contributed by atoms with Crippen LogP contribution in [0.3, 0.4) is 0 Å². The lowest BCUT2D eigenvalue weighted by atomic mass is 10.1. The molecular weight excluding hydrogens is 188 g/mol. The maximum Gasteiger partial charge on any atom is 0.141 e. The van der Waals surface area contributed by atoms with Crippen LogP contribution < -0.4 is 0 Å². The number of nitrogens with zero attached hydrogens (tertiary/aromatic N) is 3. The summed E-state index contributed by atoms with van der Waals surface area (Å²) in [5.41, 5.74) is 0. The van der Waals surface area contributed by atoms with Gasteiger partial charge in [-0.1, -0.05) is 20.3 Å². The van der Waals surface area contributed by atoms with Crippen LogP contribution in [0, 0.1) is 0 Å². The van der Waals surface area contributed by atoms with Gasteiger partial charge in [-0.2, -0.15) is 5.10 Å². The standard InChI is InChI=1S/C11H22N4/c1-5-7-9(3)15(4)10(6-2)11-12-8-13-14-11/h8-10H,5-7H2,1-4H3,(H,12,13,14). The second-order valence-electron chi connectivity index (χ2n) is 4.10. The number of hydrogen-bond acceptors (Lipinski definition) is 3. The van der Waals surface area contributed by atoms with E-state index in [0.717, 1.165) is 12.2 Å². The Balaban J connectivity index is 2.66. The van der Waals surface area contributed by atoms with Crippen LogP contribution in [0.2, 0.25) is 0 Å². The Morgan fingerprint density at radius 1 is 1.47 bits per heavy atom. The second kappa shape index (κ2) is 5.85. The van der Waals surface area contributed by atoms with Crippen molar-refractivity contribution >= 4 is 0 Å². The molecule has 4 heteroatoms. The van der Waals surface area contributed by atoms with E-state index in [1.165, 1.54) is 12.8 Å². The molecule has 86 valence electrons. The topological polar surface area (TPSA) is 44.8 Å². The van der Waals surface area contributed by atoms with Crippen LogP contribution in [0.5, 0.6) is 0 Å². The quantitative estimate of drug-likeness (QED) is 0.784. The van der Waals surface area contributed by atoms with Crippen LogP contribution in [0.1, 0.15) is 51.9 Å². The van der Waals surface area contributed by atoms with Crippen LogP contribution in [-0.2, 0) is 0 Å². The third-order valence-electron chi connectivity index (χ3n) is 3.03. The minimum Gasteiger partial charge on any atom is -0.294 e. The Morgan fingerprint density at radius 2 is 2.20 bits per heavy atom. The third kappa shape index (κ3) is 3.02. The summed E-state index contributed by atoms with van der Waals surface area (Å²) in [5, 5.41) is 6.88. The van der Waals surface area contributed by atoms with E-state index in [9.17, 15) is 0 Å². The molecule has 0 aliphatic rings. The van der Waals surface area contributed by atoms with Gasteiger partial charge in [-0.05, 0) is 26.8 Å². The van der Waals surface area contributed by atoms with Gasteiger partial charge in [-0.3, -0.25) is 10.00 Å². The summed E-state index contributed by atoms with van der Waals surface area (Å²) >= 11 is 0. The van der Waals surface area contributed by atoms with E-state index in [0.29, 0.717) is 12.1 Å². The molecule has 1 aromatic rings. The van der Waals surface area contributed by atoms with Gasteiger partial charge in [0.2, 0.25) is 0 Å². The zero-order chi connectivity index (χ0) is 11.3. The van der Waals surface area contributed by atoms with E-state index < -0.39 is 0 Å². The predicted octanol–water partition coefficient (Wildman–Crippen LogP) is 2.38. The highest BCUT2D eigenvalue weighted by Gasteiger charge is 2.21. The Labute approximate surface area is 92.1 Å². The smallest absolute Gasteiger partial charge is 0.141 e. The number of hydrogen-bond donors (Lipinski definition) is 1. The Bertz CT molecular complexity index is 258. The molecule has 0 spiro atoms. The number of aromatic amines is 1. The second-order valence-corrected chi connectivity index (χ2v) is 4.10. The molecule has 1 rings (SSSR count). The molecule has 15 heavy (non-hydrogen) atoms. The van der Waals surface area contributed by atoms with Gasteiger partial charge in [0, 0.05) is 6.04 Å². The van der Waals surface area contributed by atoms with E-state index in [2.05, 4.69) is 47.9 Å². The average Bonchev–Trinajstić information content (AvgIpc) is 2.72. The Hall–Kier alpha value is -0.900. The minimum atomic E-state index is 0.356. The van der Waals surface area contributed by atoms with Gasteiger partial charge in [0.25, 0.3) is 0 Å². The molecule has 0 aliphatic carbocycles. The molecular formula is C11H22N4. The fraction of sp³-hybridized carbons (Fsp3) is 0.818. The van der Waals surface area contributed by atoms with Crippen molar-refractivity contribution in [2.24, 2.45) is 0 Å². The van der Waals surface area contributed by atoms with Crippen molar-refractivity contribution in [2.75, 3.05) is 7.05 Å². The third-order valence-corrected chi connectivity index (χ3v) is 3.03. The van der Waals surface area contributed by atoms with E-state index in [-0.39, 0.29) is 0 Å². The summed E-state index contributed by atoms with van der Waals surface area (Å²) in [7, 11) is 2.16. The molecule has 0 bridgehead atoms. The summed E-state index contributed by atoms with van der Waals surface area (Å²) in [6.07, 6.45) is 5.08. The fourth-order valence-corrected chi connectivity index (χ4v) is 1.98. The lowest BCUT2D eigenvalue weighted by Crippen LogP contribution is -2.33. The van der Waals surface area contributed by atoms with Gasteiger partial charge < -0.3 is 0 Å². The molecule has 0 fully saturated rings. The first kappa shape index (κ1) is 12.2. The molecule has 0 amide bonds. The maximum atomic E-state index is 4.24. The Morgan fingerprint density at radius 3 is 2.67 bits per heavy atom. The van der Waals surface area contributed by atoms with Crippen LogP contribution in [-0.4, -0.2) is 33.2 Å². The highest BCUT2D eigenvalue weighted by Crippen LogP contribution is 2.22. The number of aromatic nitrogens is 3. The maximum absolute atomic E-state index is 4.24. The summed E-state index contributed by atoms with van der Waals surface area (Å²) < 4.78 is 0. The number of rotatable bonds is 6. The van der Waals surface area contributed by atoms with Gasteiger partial charge in [-0.25, -0.2) is 4.98 Å². The van der Waals surface area contributed by atoms with E-state index in [1.807, 2.05) is 0 Å². The fourth-order valence-electron chi connectivity index (χ4n) is 1.98. The highest BCUT2D eigenvalue weighted by molar-refractivity contribution is 4.92. The van der Waals surface area contributed by atoms with Gasteiger partial charge in [0.05, 0.1) is 6.04 Å². The summed E-state index contributed by atoms with van der Waals surface area (Å²) in [6, 6.07) is 0.944. The van der Waals surface area contributed by atoms with Gasteiger partial charge in [-0.15, -0.1) is 0 Å². The first-order chi connectivity index (χ1) is 7.20. The first-order valence-corrected chi connectivity index (χ1v) is 5.77. The van der Waals surface area contributed by atoms with E-state index >= 15 is 0 Å². The van der Waals surface area contributed by atoms with E-state index in [1.54, 1.807) is 6.33 Å². The van der Waals surface area contributed by atoms with Crippen molar-refractivity contribution in [1.82, 2.24) is 20.1 Å². The SMILES string of the molecule is CCCC(C)N(C)C(CC)c1ncn[nH]1. The summed E-state index contributed by atoms with van der Waals surface area (Å²) in [4.78, 5) is 6.62. The van der Waals surface area contributed by atoms with Crippen molar-refractivity contribution < 1.29 is 0 Å². The van der Waals surface area contributed by atoms with Crippen LogP contribution in [0.15, 0.2) is 6.33 Å². The number of H-pyrrole nitrogens is 1. The zero-order valence-electron chi connectivity index (χ0n) is 10.2. The molecule has 1 aromatic heterocycles. The zero-order valence-corrected chi connectivity index (χ0v) is 10.2. The van der Waals surface area contributed by atoms with Crippen molar-refractivity contribution in [3.05, 3.63) is 12.2 Å². The molecule has 0 saturated heterocycles. The van der Waals surface area contributed by atoms with Gasteiger partial charge in [0.1, 0.15) is 12.2 Å². The van der Waals surface area contributed by atoms with Crippen molar-refractivity contribution in [1.29, 1.82) is 0 Å². The van der Waals surface area contributed by atoms with Crippen molar-refractivity contribution in [3.63, 3.8) is 0 Å². The molecule has 0 radical (unpaired) electrons. The predicted molar refractivity (Wildman–Crippen MR) is 61.5 cm³/mol. The molecule has 0 aromatic carbocycles. The van der Waals surface area contributed by atoms with Gasteiger partial charge >= 0.3 is 0 Å². The molecule has 2 atom stereocenters. The van der Waals surface area contributed by atoms with Crippen molar-refractivity contribution in [2.45, 2.75) is 52.1 Å². The van der Waals surface area contributed by atoms with E-state index in [4.69, 9.17) is 0 Å². The summed E-state index contributed by atoms with van der Waals surface area (Å²) in [6.45, 7) is 6.67. The number of nitrogens with one attached hydrogen (secondary N) is 1. The van der Waals surface area contributed by atoms with Crippen LogP contribution >= 0.6 is 0 Å². The van der Waals surface area contributed by atoms with Crippen LogP contribution in [0.4, 0.5) is 0 Å².